The highest BCUT2D eigenvalue weighted by Gasteiger charge is 2.71. The first kappa shape index (κ1) is 24.0. The molecule has 0 saturated carbocycles. The summed E-state index contributed by atoms with van der Waals surface area (Å²) in [5, 5.41) is 0.0624. The summed E-state index contributed by atoms with van der Waals surface area (Å²) in [6, 6.07) is 0. The molecule has 178 valence electrons. The third-order valence-corrected chi connectivity index (χ3v) is 7.49. The summed E-state index contributed by atoms with van der Waals surface area (Å²) in [5.74, 6) is -2.51. The SMILES string of the molecule is CC[C@@H](C)C=C(C)C=CC1=CC2=C(Cl)C(=O)[C@@]3(C)O[C@]4(OC)C[C@H](C)OC(=O)[C@@H]4[C@H]3C2=CO1. The summed E-state index contributed by atoms with van der Waals surface area (Å²) in [4.78, 5) is 26.5. The number of allylic oxidation sites excluding steroid dienone is 6. The predicted molar refractivity (Wildman–Crippen MR) is 124 cm³/mol. The fourth-order valence-corrected chi connectivity index (χ4v) is 5.67. The summed E-state index contributed by atoms with van der Waals surface area (Å²) >= 11 is 6.58. The lowest BCUT2D eigenvalue weighted by molar-refractivity contribution is -0.273. The highest BCUT2D eigenvalue weighted by Crippen LogP contribution is 2.60. The minimum absolute atomic E-state index is 0.0624. The van der Waals surface area contributed by atoms with E-state index in [1.807, 2.05) is 19.1 Å². The number of methoxy groups -OCH3 is 1. The van der Waals surface area contributed by atoms with Crippen LogP contribution < -0.4 is 0 Å². The van der Waals surface area contributed by atoms with Gasteiger partial charge in [0, 0.05) is 30.6 Å². The molecule has 0 amide bonds. The zero-order valence-electron chi connectivity index (χ0n) is 19.9. The number of halogens is 1. The Bertz CT molecular complexity index is 1030. The van der Waals surface area contributed by atoms with Gasteiger partial charge in [-0.2, -0.15) is 0 Å². The Balaban J connectivity index is 1.72. The molecule has 0 N–H and O–H groups in total. The van der Waals surface area contributed by atoms with E-state index < -0.39 is 35.3 Å². The molecule has 4 rings (SSSR count). The van der Waals surface area contributed by atoms with Gasteiger partial charge in [0.05, 0.1) is 11.3 Å². The van der Waals surface area contributed by atoms with Crippen molar-refractivity contribution in [1.29, 1.82) is 0 Å². The molecule has 0 aromatic heterocycles. The van der Waals surface area contributed by atoms with Crippen molar-refractivity contribution in [2.45, 2.75) is 65.0 Å². The Labute approximate surface area is 199 Å². The molecule has 0 radical (unpaired) electrons. The summed E-state index contributed by atoms with van der Waals surface area (Å²) in [7, 11) is 1.49. The van der Waals surface area contributed by atoms with E-state index in [1.54, 1.807) is 26.2 Å². The highest BCUT2D eigenvalue weighted by atomic mass is 35.5. The quantitative estimate of drug-likeness (QED) is 0.407. The van der Waals surface area contributed by atoms with Crippen molar-refractivity contribution in [2.75, 3.05) is 7.11 Å². The fraction of sp³-hybridized carbons (Fsp3) is 0.538. The van der Waals surface area contributed by atoms with Crippen molar-refractivity contribution < 1.29 is 28.5 Å². The van der Waals surface area contributed by atoms with Crippen LogP contribution in [0.15, 0.2) is 58.1 Å². The molecule has 1 aliphatic carbocycles. The van der Waals surface area contributed by atoms with Crippen molar-refractivity contribution in [2.24, 2.45) is 17.8 Å². The van der Waals surface area contributed by atoms with Crippen LogP contribution in [0, 0.1) is 17.8 Å². The number of hydrogen-bond acceptors (Lipinski definition) is 6. The first-order valence-electron chi connectivity index (χ1n) is 11.4. The van der Waals surface area contributed by atoms with Crippen LogP contribution in [0.1, 0.15) is 47.5 Å². The van der Waals surface area contributed by atoms with Gasteiger partial charge in [0.2, 0.25) is 5.78 Å². The normalized spacial score (nSPS) is 37.1. The lowest BCUT2D eigenvalue weighted by Gasteiger charge is -2.39. The van der Waals surface area contributed by atoms with E-state index in [0.717, 1.165) is 12.0 Å². The molecule has 4 aliphatic rings. The third kappa shape index (κ3) is 3.82. The molecule has 33 heavy (non-hydrogen) atoms. The molecule has 0 aromatic rings. The molecule has 0 bridgehead atoms. The number of carbonyl (C=O) groups excluding carboxylic acids is 2. The van der Waals surface area contributed by atoms with Crippen LogP contribution in [-0.4, -0.2) is 36.4 Å². The number of ketones is 1. The maximum atomic E-state index is 13.5. The second-order valence-corrected chi connectivity index (χ2v) is 9.93. The monoisotopic (exact) mass is 474 g/mol. The fourth-order valence-electron chi connectivity index (χ4n) is 5.32. The molecule has 3 heterocycles. The number of carbonyl (C=O) groups is 2. The van der Waals surface area contributed by atoms with Gasteiger partial charge in [0.15, 0.2) is 5.79 Å². The van der Waals surface area contributed by atoms with Crippen LogP contribution in [0.2, 0.25) is 0 Å². The minimum atomic E-state index is -1.36. The third-order valence-electron chi connectivity index (χ3n) is 7.12. The maximum Gasteiger partial charge on any atom is 0.315 e. The summed E-state index contributed by atoms with van der Waals surface area (Å²) < 4.78 is 23.5. The van der Waals surface area contributed by atoms with Crippen LogP contribution >= 0.6 is 11.6 Å². The zero-order chi connectivity index (χ0) is 24.1. The number of Topliss-reactive ketones (excluding diaryl/α,β-unsaturated/α-hetero) is 1. The highest BCUT2D eigenvalue weighted by molar-refractivity contribution is 6.45. The van der Waals surface area contributed by atoms with Crippen molar-refractivity contribution in [3.63, 3.8) is 0 Å². The lowest BCUT2D eigenvalue weighted by Crippen LogP contribution is -2.51. The number of hydrogen-bond donors (Lipinski definition) is 0. The average Bonchev–Trinajstić information content (AvgIpc) is 3.06. The first-order chi connectivity index (χ1) is 15.6. The standard InChI is InChI=1S/C26H31ClO6/c1-7-14(2)10-15(3)8-9-17-11-18-19(13-31-17)20-21-24(29)32-16(4)12-26(21,30-6)33-25(20,5)23(28)22(18)27/h8-11,13-14,16,20-21H,7,12H2,1-6H3/t14-,16+,20-,21+,25+,26-/m1/s1. The summed E-state index contributed by atoms with van der Waals surface area (Å²) in [6.45, 7) is 9.79. The van der Waals surface area contributed by atoms with E-state index in [-0.39, 0.29) is 10.8 Å². The number of fused-ring (bicyclic) bond motifs is 5. The van der Waals surface area contributed by atoms with Gasteiger partial charge in [0.1, 0.15) is 23.4 Å². The van der Waals surface area contributed by atoms with Crippen LogP contribution in [0.5, 0.6) is 0 Å². The predicted octanol–water partition coefficient (Wildman–Crippen LogP) is 5.11. The van der Waals surface area contributed by atoms with Gasteiger partial charge in [-0.1, -0.05) is 49.6 Å². The Morgan fingerprint density at radius 2 is 2.09 bits per heavy atom. The molecule has 2 fully saturated rings. The molecule has 6 atom stereocenters. The van der Waals surface area contributed by atoms with E-state index >= 15 is 0 Å². The van der Waals surface area contributed by atoms with Gasteiger partial charge in [-0.15, -0.1) is 0 Å². The maximum absolute atomic E-state index is 13.5. The molecular weight excluding hydrogens is 444 g/mol. The van der Waals surface area contributed by atoms with E-state index in [1.165, 1.54) is 7.11 Å². The van der Waals surface area contributed by atoms with Crippen molar-refractivity contribution >= 4 is 23.4 Å². The number of cyclic esters (lactones) is 1. The van der Waals surface area contributed by atoms with Crippen LogP contribution in [0.4, 0.5) is 0 Å². The lowest BCUT2D eigenvalue weighted by atomic mass is 9.66. The second-order valence-electron chi connectivity index (χ2n) is 9.56. The van der Waals surface area contributed by atoms with E-state index in [2.05, 4.69) is 19.9 Å². The Kier molecular flexibility index (Phi) is 6.23. The molecule has 0 unspecified atom stereocenters. The zero-order valence-corrected chi connectivity index (χ0v) is 20.7. The average molecular weight is 475 g/mol. The van der Waals surface area contributed by atoms with E-state index in [4.69, 9.17) is 30.5 Å². The van der Waals surface area contributed by atoms with Gasteiger partial charge in [0.25, 0.3) is 0 Å². The van der Waals surface area contributed by atoms with Gasteiger partial charge >= 0.3 is 5.97 Å². The molecule has 2 saturated heterocycles. The smallest absolute Gasteiger partial charge is 0.315 e. The van der Waals surface area contributed by atoms with Crippen LogP contribution in [0.3, 0.4) is 0 Å². The van der Waals surface area contributed by atoms with Crippen LogP contribution in [0.25, 0.3) is 0 Å². The second kappa shape index (κ2) is 8.57. The summed E-state index contributed by atoms with van der Waals surface area (Å²) in [5.41, 5.74) is 0.933. The van der Waals surface area contributed by atoms with Crippen molar-refractivity contribution in [1.82, 2.24) is 0 Å². The number of rotatable bonds is 5. The van der Waals surface area contributed by atoms with Gasteiger partial charge in [-0.05, 0) is 38.8 Å². The largest absolute Gasteiger partial charge is 0.465 e. The molecule has 6 nitrogen and oxygen atoms in total. The van der Waals surface area contributed by atoms with Gasteiger partial charge in [-0.25, -0.2) is 0 Å². The molecule has 0 aromatic carbocycles. The molecule has 0 spiro atoms. The first-order valence-corrected chi connectivity index (χ1v) is 11.8. The summed E-state index contributed by atoms with van der Waals surface area (Å²) in [6.07, 6.45) is 10.3. The van der Waals surface area contributed by atoms with Crippen LogP contribution in [-0.2, 0) is 28.5 Å². The Morgan fingerprint density at radius 3 is 2.76 bits per heavy atom. The molecule has 3 aliphatic heterocycles. The van der Waals surface area contributed by atoms with Gasteiger partial charge < -0.3 is 18.9 Å². The Morgan fingerprint density at radius 1 is 1.36 bits per heavy atom. The van der Waals surface area contributed by atoms with Crippen molar-refractivity contribution in [3.05, 3.63) is 58.1 Å². The van der Waals surface area contributed by atoms with E-state index in [0.29, 0.717) is 29.2 Å². The topological polar surface area (TPSA) is 71.1 Å². The minimum Gasteiger partial charge on any atom is -0.465 e. The van der Waals surface area contributed by atoms with Crippen molar-refractivity contribution in [3.8, 4) is 0 Å². The Hall–Kier alpha value is -2.15. The molecular formula is C26H31ClO6. The number of esters is 1. The van der Waals surface area contributed by atoms with Gasteiger partial charge in [-0.3, -0.25) is 9.59 Å². The van der Waals surface area contributed by atoms with E-state index in [9.17, 15) is 9.59 Å². The molecule has 7 heteroatoms. The number of ether oxygens (including phenoxy) is 4.